The van der Waals surface area contributed by atoms with Crippen LogP contribution in [0.2, 0.25) is 0 Å². The van der Waals surface area contributed by atoms with Gasteiger partial charge in [-0.1, -0.05) is 46.0 Å². The van der Waals surface area contributed by atoms with Crippen LogP contribution in [-0.2, 0) is 16.0 Å². The molecule has 23 heavy (non-hydrogen) atoms. The molecule has 0 fully saturated rings. The molecule has 0 spiro atoms. The van der Waals surface area contributed by atoms with Gasteiger partial charge in [0.2, 0.25) is 5.91 Å². The molecule has 0 aliphatic carbocycles. The minimum atomic E-state index is -0.374. The molecule has 0 saturated heterocycles. The highest BCUT2D eigenvalue weighted by atomic mass is 32.1. The van der Waals surface area contributed by atoms with Crippen molar-refractivity contribution >= 4 is 28.2 Å². The third-order valence-corrected chi connectivity index (χ3v) is 5.03. The first-order valence-corrected chi connectivity index (χ1v) is 9.37. The van der Waals surface area contributed by atoms with E-state index in [1.54, 1.807) is 0 Å². The van der Waals surface area contributed by atoms with Crippen LogP contribution in [0.1, 0.15) is 79.6 Å². The molecular weight excluding hydrogens is 310 g/mol. The first-order valence-electron chi connectivity index (χ1n) is 8.55. The van der Waals surface area contributed by atoms with E-state index in [1.807, 2.05) is 13.8 Å². The second-order valence-electron chi connectivity index (χ2n) is 5.75. The minimum absolute atomic E-state index is 0.0189. The molecule has 0 atom stereocenters. The number of nitrogens with one attached hydrogen (secondary N) is 1. The summed E-state index contributed by atoms with van der Waals surface area (Å²) in [7, 11) is 1.37. The Morgan fingerprint density at radius 2 is 1.74 bits per heavy atom. The Hall–Kier alpha value is -1.36. The standard InChI is InChI=1S/C18H29NO3S/c1-5-7-8-9-10-11-12-15(20)19-17-16(18(21)22-4)14(6-2)13(3)23-17/h5-12H2,1-4H3,(H,19,20). The Labute approximate surface area is 143 Å². The Balaban J connectivity index is 2.59. The highest BCUT2D eigenvalue weighted by Gasteiger charge is 2.22. The van der Waals surface area contributed by atoms with Gasteiger partial charge in [0, 0.05) is 11.3 Å². The SMILES string of the molecule is CCCCCCCCC(=O)Nc1sc(C)c(CC)c1C(=O)OC. The number of thiophene rings is 1. The fraction of sp³-hybridized carbons (Fsp3) is 0.667. The van der Waals surface area contributed by atoms with Crippen molar-refractivity contribution in [1.82, 2.24) is 0 Å². The number of amides is 1. The van der Waals surface area contributed by atoms with Gasteiger partial charge < -0.3 is 10.1 Å². The average molecular weight is 340 g/mol. The van der Waals surface area contributed by atoms with Crippen molar-refractivity contribution in [3.8, 4) is 0 Å². The molecule has 0 saturated carbocycles. The maximum atomic E-state index is 12.1. The third kappa shape index (κ3) is 5.98. The van der Waals surface area contributed by atoms with Gasteiger partial charge in [-0.25, -0.2) is 4.79 Å². The number of rotatable bonds is 10. The number of carbonyl (C=O) groups excluding carboxylic acids is 2. The smallest absolute Gasteiger partial charge is 0.341 e. The summed E-state index contributed by atoms with van der Waals surface area (Å²) >= 11 is 1.46. The van der Waals surface area contributed by atoms with Crippen molar-refractivity contribution in [2.75, 3.05) is 12.4 Å². The predicted octanol–water partition coefficient (Wildman–Crippen LogP) is 5.09. The van der Waals surface area contributed by atoms with Crippen molar-refractivity contribution in [2.45, 2.75) is 72.1 Å². The van der Waals surface area contributed by atoms with Crippen LogP contribution in [0.15, 0.2) is 0 Å². The van der Waals surface area contributed by atoms with Gasteiger partial charge in [0.25, 0.3) is 0 Å². The number of esters is 1. The first kappa shape index (κ1) is 19.7. The number of unbranched alkanes of at least 4 members (excludes halogenated alkanes) is 5. The predicted molar refractivity (Wildman–Crippen MR) is 96.4 cm³/mol. The zero-order valence-electron chi connectivity index (χ0n) is 14.8. The van der Waals surface area contributed by atoms with Crippen LogP contribution in [0, 0.1) is 6.92 Å². The molecular formula is C18H29NO3S. The van der Waals surface area contributed by atoms with Crippen LogP contribution in [0.25, 0.3) is 0 Å². The molecule has 4 nitrogen and oxygen atoms in total. The summed E-state index contributed by atoms with van der Waals surface area (Å²) in [6, 6.07) is 0. The lowest BCUT2D eigenvalue weighted by Crippen LogP contribution is -2.14. The van der Waals surface area contributed by atoms with E-state index in [9.17, 15) is 9.59 Å². The van der Waals surface area contributed by atoms with E-state index >= 15 is 0 Å². The van der Waals surface area contributed by atoms with Crippen LogP contribution in [-0.4, -0.2) is 19.0 Å². The molecule has 0 aliphatic heterocycles. The number of hydrogen-bond acceptors (Lipinski definition) is 4. The number of carbonyl (C=O) groups is 2. The fourth-order valence-electron chi connectivity index (χ4n) is 2.67. The van der Waals surface area contributed by atoms with Crippen molar-refractivity contribution in [3.05, 3.63) is 16.0 Å². The van der Waals surface area contributed by atoms with Gasteiger partial charge in [-0.3, -0.25) is 4.79 Å². The van der Waals surface area contributed by atoms with Crippen molar-refractivity contribution in [2.24, 2.45) is 0 Å². The molecule has 0 radical (unpaired) electrons. The number of anilines is 1. The van der Waals surface area contributed by atoms with Crippen LogP contribution < -0.4 is 5.32 Å². The molecule has 1 heterocycles. The summed E-state index contributed by atoms with van der Waals surface area (Å²) in [5.74, 6) is -0.393. The average Bonchev–Trinajstić information content (AvgIpc) is 2.85. The van der Waals surface area contributed by atoms with E-state index in [0.29, 0.717) is 17.0 Å². The monoisotopic (exact) mass is 339 g/mol. The van der Waals surface area contributed by atoms with Crippen LogP contribution in [0.3, 0.4) is 0 Å². The van der Waals surface area contributed by atoms with E-state index in [0.717, 1.165) is 29.7 Å². The van der Waals surface area contributed by atoms with Crippen LogP contribution in [0.5, 0.6) is 0 Å². The second kappa shape index (κ2) is 10.4. The van der Waals surface area contributed by atoms with E-state index < -0.39 is 0 Å². The third-order valence-electron chi connectivity index (χ3n) is 3.96. The molecule has 1 rings (SSSR count). The van der Waals surface area contributed by atoms with Gasteiger partial charge in [0.15, 0.2) is 0 Å². The van der Waals surface area contributed by atoms with Crippen molar-refractivity contribution in [3.63, 3.8) is 0 Å². The van der Waals surface area contributed by atoms with Gasteiger partial charge in [-0.05, 0) is 25.3 Å². The number of aryl methyl sites for hydroxylation is 1. The van der Waals surface area contributed by atoms with Gasteiger partial charge in [0.05, 0.1) is 12.7 Å². The Morgan fingerprint density at radius 1 is 1.09 bits per heavy atom. The molecule has 1 aromatic rings. The minimum Gasteiger partial charge on any atom is -0.465 e. The summed E-state index contributed by atoms with van der Waals surface area (Å²) in [6.07, 6.45) is 8.17. The molecule has 0 aliphatic rings. The van der Waals surface area contributed by atoms with Gasteiger partial charge in [-0.2, -0.15) is 0 Å². The first-order chi connectivity index (χ1) is 11.0. The molecule has 1 N–H and O–H groups in total. The van der Waals surface area contributed by atoms with Gasteiger partial charge >= 0.3 is 5.97 Å². The molecule has 0 bridgehead atoms. The number of hydrogen-bond donors (Lipinski definition) is 1. The summed E-state index contributed by atoms with van der Waals surface area (Å²) in [4.78, 5) is 25.2. The zero-order valence-corrected chi connectivity index (χ0v) is 15.6. The maximum Gasteiger partial charge on any atom is 0.341 e. The van der Waals surface area contributed by atoms with Crippen LogP contribution in [0.4, 0.5) is 5.00 Å². The Kier molecular flexibility index (Phi) is 8.92. The Bertz CT molecular complexity index is 523. The van der Waals surface area contributed by atoms with Crippen LogP contribution >= 0.6 is 11.3 Å². The quantitative estimate of drug-likeness (QED) is 0.477. The fourth-order valence-corrected chi connectivity index (χ4v) is 3.81. The summed E-state index contributed by atoms with van der Waals surface area (Å²) in [5.41, 5.74) is 1.49. The van der Waals surface area contributed by atoms with Gasteiger partial charge in [-0.15, -0.1) is 11.3 Å². The molecule has 5 heteroatoms. The van der Waals surface area contributed by atoms with Gasteiger partial charge in [0.1, 0.15) is 5.00 Å². The number of methoxy groups -OCH3 is 1. The molecule has 130 valence electrons. The van der Waals surface area contributed by atoms with E-state index in [-0.39, 0.29) is 11.9 Å². The molecule has 0 aromatic carbocycles. The lowest BCUT2D eigenvalue weighted by Gasteiger charge is -2.07. The van der Waals surface area contributed by atoms with E-state index in [1.165, 1.54) is 44.1 Å². The summed E-state index contributed by atoms with van der Waals surface area (Å²) < 4.78 is 4.87. The molecule has 0 unspecified atom stereocenters. The lowest BCUT2D eigenvalue weighted by atomic mass is 10.1. The molecule has 1 aromatic heterocycles. The second-order valence-corrected chi connectivity index (χ2v) is 6.98. The largest absolute Gasteiger partial charge is 0.465 e. The highest BCUT2D eigenvalue weighted by Crippen LogP contribution is 2.34. The number of ether oxygens (including phenoxy) is 1. The topological polar surface area (TPSA) is 55.4 Å². The van der Waals surface area contributed by atoms with Crippen molar-refractivity contribution < 1.29 is 14.3 Å². The van der Waals surface area contributed by atoms with E-state index in [4.69, 9.17) is 4.74 Å². The van der Waals surface area contributed by atoms with E-state index in [2.05, 4.69) is 12.2 Å². The Morgan fingerprint density at radius 3 is 2.35 bits per heavy atom. The highest BCUT2D eigenvalue weighted by molar-refractivity contribution is 7.16. The van der Waals surface area contributed by atoms with Crippen molar-refractivity contribution in [1.29, 1.82) is 0 Å². The lowest BCUT2D eigenvalue weighted by molar-refractivity contribution is -0.116. The normalized spacial score (nSPS) is 10.6. The summed E-state index contributed by atoms with van der Waals surface area (Å²) in [6.45, 7) is 6.17. The summed E-state index contributed by atoms with van der Waals surface area (Å²) in [5, 5.41) is 3.53. The maximum absolute atomic E-state index is 12.1. The molecule has 1 amide bonds. The zero-order chi connectivity index (χ0) is 17.2.